The zero-order valence-corrected chi connectivity index (χ0v) is 11.7. The van der Waals surface area contributed by atoms with E-state index in [4.69, 9.17) is 0 Å². The van der Waals surface area contributed by atoms with Gasteiger partial charge in [-0.1, -0.05) is 0 Å². The van der Waals surface area contributed by atoms with Crippen molar-refractivity contribution in [2.45, 2.75) is 6.54 Å². The maximum absolute atomic E-state index is 10.6. The molecule has 0 aliphatic heterocycles. The molecule has 0 aliphatic carbocycles. The number of aromatic nitrogens is 3. The lowest BCUT2D eigenvalue weighted by Crippen LogP contribution is -2.04. The van der Waals surface area contributed by atoms with Gasteiger partial charge >= 0.3 is 0 Å². The van der Waals surface area contributed by atoms with Crippen molar-refractivity contribution < 1.29 is 4.92 Å². The molecule has 0 aliphatic rings. The summed E-state index contributed by atoms with van der Waals surface area (Å²) in [4.78, 5) is 14.3. The zero-order valence-electron chi connectivity index (χ0n) is 9.50. The lowest BCUT2D eigenvalue weighted by atomic mass is 10.3. The number of halogens is 1. The van der Waals surface area contributed by atoms with E-state index < -0.39 is 4.92 Å². The third-order valence-corrected chi connectivity index (χ3v) is 3.14. The molecule has 2 aromatic rings. The normalized spacial score (nSPS) is 10.3. The molecule has 0 saturated heterocycles. The van der Waals surface area contributed by atoms with E-state index in [1.165, 1.54) is 12.1 Å². The summed E-state index contributed by atoms with van der Waals surface area (Å²) in [6, 6.07) is 4.67. The molecule has 2 rings (SSSR count). The van der Waals surface area contributed by atoms with E-state index in [2.05, 4.69) is 38.0 Å². The average Bonchev–Trinajstić information content (AvgIpc) is 2.73. The van der Waals surface area contributed by atoms with Crippen LogP contribution in [0.3, 0.4) is 0 Å². The molecular formula is C10H10IN5O2. The second-order valence-corrected chi connectivity index (χ2v) is 4.77. The molecule has 1 heterocycles. The molecule has 8 heteroatoms. The molecule has 0 radical (unpaired) electrons. The van der Waals surface area contributed by atoms with Crippen molar-refractivity contribution in [3.05, 3.63) is 44.0 Å². The van der Waals surface area contributed by atoms with Gasteiger partial charge in [0, 0.05) is 28.4 Å². The van der Waals surface area contributed by atoms with Gasteiger partial charge in [-0.05, 0) is 28.7 Å². The van der Waals surface area contributed by atoms with Crippen molar-refractivity contribution in [2.24, 2.45) is 7.05 Å². The van der Waals surface area contributed by atoms with Crippen molar-refractivity contribution in [1.82, 2.24) is 14.8 Å². The lowest BCUT2D eigenvalue weighted by Gasteiger charge is -2.06. The Balaban J connectivity index is 2.08. The number of nitro groups is 1. The molecule has 1 N–H and O–H groups in total. The first kappa shape index (κ1) is 12.7. The Labute approximate surface area is 117 Å². The van der Waals surface area contributed by atoms with Crippen LogP contribution in [0.1, 0.15) is 5.82 Å². The predicted molar refractivity (Wildman–Crippen MR) is 74.1 cm³/mol. The molecule has 0 spiro atoms. The highest BCUT2D eigenvalue weighted by Gasteiger charge is 2.09. The summed E-state index contributed by atoms with van der Waals surface area (Å²) >= 11 is 2.05. The van der Waals surface area contributed by atoms with Gasteiger partial charge in [0.25, 0.3) is 5.69 Å². The molecular weight excluding hydrogens is 349 g/mol. The van der Waals surface area contributed by atoms with Gasteiger partial charge in [-0.25, -0.2) is 4.98 Å². The first-order chi connectivity index (χ1) is 8.56. The minimum Gasteiger partial charge on any atom is -0.377 e. The third kappa shape index (κ3) is 2.94. The van der Waals surface area contributed by atoms with Crippen LogP contribution in [-0.2, 0) is 13.6 Å². The monoisotopic (exact) mass is 359 g/mol. The molecule has 7 nitrogen and oxygen atoms in total. The first-order valence-corrected chi connectivity index (χ1v) is 6.16. The number of aryl methyl sites for hydroxylation is 1. The summed E-state index contributed by atoms with van der Waals surface area (Å²) in [7, 11) is 1.80. The molecule has 1 aromatic carbocycles. The Morgan fingerprint density at radius 3 is 2.89 bits per heavy atom. The van der Waals surface area contributed by atoms with Crippen molar-refractivity contribution >= 4 is 34.0 Å². The number of nitrogens with one attached hydrogen (secondary N) is 1. The highest BCUT2D eigenvalue weighted by molar-refractivity contribution is 14.1. The molecule has 94 valence electrons. The van der Waals surface area contributed by atoms with E-state index in [0.717, 1.165) is 9.26 Å². The van der Waals surface area contributed by atoms with E-state index in [1.807, 2.05) is 0 Å². The number of rotatable bonds is 4. The topological polar surface area (TPSA) is 85.9 Å². The fraction of sp³-hybridized carbons (Fsp3) is 0.200. The van der Waals surface area contributed by atoms with Gasteiger partial charge in [0.15, 0.2) is 5.82 Å². The number of nitrogens with zero attached hydrogens (tertiary/aromatic N) is 4. The van der Waals surface area contributed by atoms with Gasteiger partial charge in [-0.15, -0.1) is 0 Å². The maximum Gasteiger partial charge on any atom is 0.270 e. The van der Waals surface area contributed by atoms with Gasteiger partial charge in [-0.3, -0.25) is 14.8 Å². The fourth-order valence-corrected chi connectivity index (χ4v) is 2.09. The summed E-state index contributed by atoms with van der Waals surface area (Å²) in [6.07, 6.45) is 1.62. The Bertz CT molecular complexity index is 583. The van der Waals surface area contributed by atoms with E-state index >= 15 is 0 Å². The quantitative estimate of drug-likeness (QED) is 0.512. The average molecular weight is 359 g/mol. The van der Waals surface area contributed by atoms with Crippen molar-refractivity contribution in [2.75, 3.05) is 5.32 Å². The number of hydrogen-bond acceptors (Lipinski definition) is 5. The summed E-state index contributed by atoms with van der Waals surface area (Å²) in [5.41, 5.74) is 0.912. The van der Waals surface area contributed by atoms with Crippen LogP contribution in [0, 0.1) is 13.7 Å². The molecule has 0 atom stereocenters. The largest absolute Gasteiger partial charge is 0.377 e. The number of nitro benzene ring substituents is 1. The van der Waals surface area contributed by atoms with Crippen molar-refractivity contribution in [3.63, 3.8) is 0 Å². The van der Waals surface area contributed by atoms with E-state index in [1.54, 1.807) is 24.1 Å². The first-order valence-electron chi connectivity index (χ1n) is 5.08. The number of benzene rings is 1. The molecule has 0 amide bonds. The molecule has 18 heavy (non-hydrogen) atoms. The van der Waals surface area contributed by atoms with Crippen LogP contribution in [0.5, 0.6) is 0 Å². The Morgan fingerprint density at radius 2 is 2.33 bits per heavy atom. The lowest BCUT2D eigenvalue weighted by molar-refractivity contribution is -0.384. The second kappa shape index (κ2) is 5.29. The summed E-state index contributed by atoms with van der Waals surface area (Å²) in [6.45, 7) is 0.481. The summed E-state index contributed by atoms with van der Waals surface area (Å²) < 4.78 is 2.41. The zero-order chi connectivity index (χ0) is 13.1. The van der Waals surface area contributed by atoms with Crippen LogP contribution in [0.15, 0.2) is 24.5 Å². The van der Waals surface area contributed by atoms with Crippen LogP contribution >= 0.6 is 22.6 Å². The number of non-ortho nitro benzene ring substituents is 1. The van der Waals surface area contributed by atoms with Gasteiger partial charge in [-0.2, -0.15) is 5.10 Å². The van der Waals surface area contributed by atoms with Crippen LogP contribution < -0.4 is 5.32 Å². The third-order valence-electron chi connectivity index (χ3n) is 2.25. The van der Waals surface area contributed by atoms with E-state index in [9.17, 15) is 10.1 Å². The Hall–Kier alpha value is -1.71. The molecule has 0 unspecified atom stereocenters. The minimum atomic E-state index is -0.410. The van der Waals surface area contributed by atoms with Gasteiger partial charge in [0.1, 0.15) is 6.33 Å². The van der Waals surface area contributed by atoms with Crippen LogP contribution in [0.4, 0.5) is 11.4 Å². The highest BCUT2D eigenvalue weighted by atomic mass is 127. The van der Waals surface area contributed by atoms with E-state index in [0.29, 0.717) is 12.4 Å². The van der Waals surface area contributed by atoms with Crippen LogP contribution in [-0.4, -0.2) is 19.7 Å². The smallest absolute Gasteiger partial charge is 0.270 e. The van der Waals surface area contributed by atoms with Crippen LogP contribution in [0.25, 0.3) is 0 Å². The summed E-state index contributed by atoms with van der Waals surface area (Å²) in [5, 5.41) is 17.9. The number of hydrogen-bond donors (Lipinski definition) is 1. The standard InChI is InChI=1S/C10H10IN5O2/c1-15-6-13-10(14-15)5-12-9-3-2-7(16(17)18)4-8(9)11/h2-4,6,12H,5H2,1H3. The van der Waals surface area contributed by atoms with Gasteiger partial charge in [0.2, 0.25) is 0 Å². The molecule has 0 fully saturated rings. The highest BCUT2D eigenvalue weighted by Crippen LogP contribution is 2.23. The maximum atomic E-state index is 10.6. The number of anilines is 1. The second-order valence-electron chi connectivity index (χ2n) is 3.61. The Morgan fingerprint density at radius 1 is 1.56 bits per heavy atom. The fourth-order valence-electron chi connectivity index (χ4n) is 1.40. The minimum absolute atomic E-state index is 0.0842. The molecule has 1 aromatic heterocycles. The SMILES string of the molecule is Cn1cnc(CNc2ccc([N+](=O)[O-])cc2I)n1. The van der Waals surface area contributed by atoms with E-state index in [-0.39, 0.29) is 5.69 Å². The van der Waals surface area contributed by atoms with Crippen molar-refractivity contribution in [3.8, 4) is 0 Å². The van der Waals surface area contributed by atoms with Crippen LogP contribution in [0.2, 0.25) is 0 Å². The van der Waals surface area contributed by atoms with Crippen molar-refractivity contribution in [1.29, 1.82) is 0 Å². The van der Waals surface area contributed by atoms with Gasteiger partial charge in [0.05, 0.1) is 11.5 Å². The Kier molecular flexibility index (Phi) is 3.75. The summed E-state index contributed by atoms with van der Waals surface area (Å²) in [5.74, 6) is 0.673. The predicted octanol–water partition coefficient (Wildman–Crippen LogP) is 1.94. The molecule has 0 saturated carbocycles. The molecule has 0 bridgehead atoms. The van der Waals surface area contributed by atoms with Gasteiger partial charge < -0.3 is 5.32 Å².